The number of aliphatic hydroxyl groups excluding tert-OH is 1. The molecule has 0 spiro atoms. The Labute approximate surface area is 91.2 Å². The smallest absolute Gasteiger partial charge is 0.220 e. The van der Waals surface area contributed by atoms with Gasteiger partial charge in [-0.25, -0.2) is 0 Å². The predicted molar refractivity (Wildman–Crippen MR) is 58.4 cm³/mol. The number of aliphatic hydroxyl groups is 1. The molecule has 0 heterocycles. The first-order valence-electron chi connectivity index (χ1n) is 6.21. The van der Waals surface area contributed by atoms with Gasteiger partial charge in [0.1, 0.15) is 0 Å². The van der Waals surface area contributed by atoms with E-state index in [0.29, 0.717) is 12.3 Å². The van der Waals surface area contributed by atoms with Crippen molar-refractivity contribution in [2.24, 2.45) is 5.92 Å². The number of carbonyl (C=O) groups excluding carboxylic acids is 1. The van der Waals surface area contributed by atoms with Crippen molar-refractivity contribution in [3.63, 3.8) is 0 Å². The molecule has 0 saturated heterocycles. The van der Waals surface area contributed by atoms with Crippen molar-refractivity contribution in [3.8, 4) is 0 Å². The summed E-state index contributed by atoms with van der Waals surface area (Å²) in [6, 6.07) is 0.246. The van der Waals surface area contributed by atoms with Crippen LogP contribution >= 0.6 is 0 Å². The Kier molecular flexibility index (Phi) is 3.62. The monoisotopic (exact) mass is 211 g/mol. The molecule has 3 nitrogen and oxygen atoms in total. The molecule has 2 fully saturated rings. The molecule has 86 valence electrons. The Bertz CT molecular complexity index is 218. The van der Waals surface area contributed by atoms with Gasteiger partial charge in [-0.1, -0.05) is 19.3 Å². The molecule has 2 N–H and O–H groups in total. The molecule has 2 aliphatic rings. The number of amides is 1. The minimum absolute atomic E-state index is 0.176. The lowest BCUT2D eigenvalue weighted by molar-refractivity contribution is -0.124. The summed E-state index contributed by atoms with van der Waals surface area (Å²) in [5.74, 6) is 0.808. The lowest BCUT2D eigenvalue weighted by Crippen LogP contribution is -2.47. The van der Waals surface area contributed by atoms with E-state index in [2.05, 4.69) is 5.32 Å². The molecule has 0 atom stereocenters. The first-order valence-corrected chi connectivity index (χ1v) is 6.21. The molecule has 0 aromatic carbocycles. The third-order valence-corrected chi connectivity index (χ3v) is 3.68. The fourth-order valence-electron chi connectivity index (χ4n) is 2.65. The van der Waals surface area contributed by atoms with Crippen LogP contribution in [0.25, 0.3) is 0 Å². The maximum Gasteiger partial charge on any atom is 0.220 e. The van der Waals surface area contributed by atoms with Crippen molar-refractivity contribution in [1.82, 2.24) is 5.32 Å². The van der Waals surface area contributed by atoms with Crippen LogP contribution in [0.4, 0.5) is 0 Å². The van der Waals surface area contributed by atoms with E-state index in [1.165, 1.54) is 32.1 Å². The highest BCUT2D eigenvalue weighted by molar-refractivity contribution is 5.76. The second-order valence-corrected chi connectivity index (χ2v) is 5.10. The van der Waals surface area contributed by atoms with Gasteiger partial charge in [-0.05, 0) is 31.6 Å². The van der Waals surface area contributed by atoms with Crippen molar-refractivity contribution >= 4 is 5.91 Å². The van der Waals surface area contributed by atoms with Crippen molar-refractivity contribution in [2.75, 3.05) is 0 Å². The maximum absolute atomic E-state index is 11.6. The zero-order valence-electron chi connectivity index (χ0n) is 9.24. The number of carbonyl (C=O) groups is 1. The van der Waals surface area contributed by atoms with Gasteiger partial charge < -0.3 is 10.4 Å². The Hall–Kier alpha value is -0.570. The third kappa shape index (κ3) is 3.20. The van der Waals surface area contributed by atoms with Gasteiger partial charge in [-0.3, -0.25) is 4.79 Å². The van der Waals surface area contributed by atoms with Crippen LogP contribution in [-0.4, -0.2) is 23.2 Å². The molecule has 0 aromatic heterocycles. The molecule has 0 aliphatic heterocycles. The highest BCUT2D eigenvalue weighted by Gasteiger charge is 2.28. The van der Waals surface area contributed by atoms with Crippen LogP contribution in [0.3, 0.4) is 0 Å². The summed E-state index contributed by atoms with van der Waals surface area (Å²) in [7, 11) is 0. The van der Waals surface area contributed by atoms with Gasteiger partial charge in [0.2, 0.25) is 5.91 Å². The van der Waals surface area contributed by atoms with Gasteiger partial charge in [-0.2, -0.15) is 0 Å². The van der Waals surface area contributed by atoms with Crippen LogP contribution in [0, 0.1) is 5.92 Å². The van der Waals surface area contributed by atoms with Gasteiger partial charge in [0, 0.05) is 12.5 Å². The standard InChI is InChI=1S/C12H21NO2/c14-11-7-10(8-11)13-12(15)6-9-4-2-1-3-5-9/h9-11,14H,1-8H2,(H,13,15). The second-order valence-electron chi connectivity index (χ2n) is 5.10. The van der Waals surface area contributed by atoms with Crippen LogP contribution in [0.1, 0.15) is 51.4 Å². The second kappa shape index (κ2) is 4.97. The summed E-state index contributed by atoms with van der Waals surface area (Å²) < 4.78 is 0. The summed E-state index contributed by atoms with van der Waals surface area (Å²) in [5, 5.41) is 12.1. The fraction of sp³-hybridized carbons (Fsp3) is 0.917. The lowest BCUT2D eigenvalue weighted by atomic mass is 9.86. The number of hydrogen-bond donors (Lipinski definition) is 2. The average molecular weight is 211 g/mol. The molecule has 1 amide bonds. The van der Waals surface area contributed by atoms with Gasteiger partial charge in [-0.15, -0.1) is 0 Å². The molecular formula is C12H21NO2. The van der Waals surface area contributed by atoms with Gasteiger partial charge in [0.15, 0.2) is 0 Å². The molecule has 0 aromatic rings. The van der Waals surface area contributed by atoms with Crippen molar-refractivity contribution in [1.29, 1.82) is 0 Å². The molecule has 2 saturated carbocycles. The predicted octanol–water partition coefficient (Wildman–Crippen LogP) is 1.60. The van der Waals surface area contributed by atoms with E-state index in [0.717, 1.165) is 12.8 Å². The minimum atomic E-state index is -0.176. The summed E-state index contributed by atoms with van der Waals surface area (Å²) in [4.78, 5) is 11.6. The van der Waals surface area contributed by atoms with E-state index in [9.17, 15) is 4.79 Å². The van der Waals surface area contributed by atoms with E-state index in [4.69, 9.17) is 5.11 Å². The molecule has 2 aliphatic carbocycles. The van der Waals surface area contributed by atoms with E-state index >= 15 is 0 Å². The zero-order valence-corrected chi connectivity index (χ0v) is 9.24. The quantitative estimate of drug-likeness (QED) is 0.745. The van der Waals surface area contributed by atoms with Gasteiger partial charge in [0.05, 0.1) is 6.10 Å². The Balaban J connectivity index is 1.63. The van der Waals surface area contributed by atoms with E-state index in [1.807, 2.05) is 0 Å². The van der Waals surface area contributed by atoms with Crippen LogP contribution in [0.5, 0.6) is 0 Å². The van der Waals surface area contributed by atoms with E-state index < -0.39 is 0 Å². The SMILES string of the molecule is O=C(CC1CCCCC1)NC1CC(O)C1. The zero-order chi connectivity index (χ0) is 10.7. The van der Waals surface area contributed by atoms with E-state index in [1.54, 1.807) is 0 Å². The molecule has 0 radical (unpaired) electrons. The Morgan fingerprint density at radius 3 is 2.47 bits per heavy atom. The Morgan fingerprint density at radius 2 is 1.87 bits per heavy atom. The normalized spacial score (nSPS) is 32.1. The maximum atomic E-state index is 11.6. The number of hydrogen-bond acceptors (Lipinski definition) is 2. The largest absolute Gasteiger partial charge is 0.393 e. The first kappa shape index (κ1) is 10.9. The topological polar surface area (TPSA) is 49.3 Å². The highest BCUT2D eigenvalue weighted by Crippen LogP contribution is 2.26. The van der Waals surface area contributed by atoms with E-state index in [-0.39, 0.29) is 18.1 Å². The molecule has 15 heavy (non-hydrogen) atoms. The first-order chi connectivity index (χ1) is 7.24. The number of rotatable bonds is 3. The minimum Gasteiger partial charge on any atom is -0.393 e. The van der Waals surface area contributed by atoms with Crippen LogP contribution < -0.4 is 5.32 Å². The summed E-state index contributed by atoms with van der Waals surface area (Å²) >= 11 is 0. The fourth-order valence-corrected chi connectivity index (χ4v) is 2.65. The van der Waals surface area contributed by atoms with Crippen molar-refractivity contribution < 1.29 is 9.90 Å². The number of nitrogens with one attached hydrogen (secondary N) is 1. The van der Waals surface area contributed by atoms with Crippen molar-refractivity contribution in [2.45, 2.75) is 63.5 Å². The molecule has 0 unspecified atom stereocenters. The lowest BCUT2D eigenvalue weighted by Gasteiger charge is -2.32. The summed E-state index contributed by atoms with van der Waals surface area (Å²) in [6.07, 6.45) is 8.39. The van der Waals surface area contributed by atoms with Gasteiger partial charge >= 0.3 is 0 Å². The molecular weight excluding hydrogens is 190 g/mol. The molecule has 3 heteroatoms. The summed E-state index contributed by atoms with van der Waals surface area (Å²) in [5.41, 5.74) is 0. The van der Waals surface area contributed by atoms with Gasteiger partial charge in [0.25, 0.3) is 0 Å². The molecule has 2 rings (SSSR count). The third-order valence-electron chi connectivity index (χ3n) is 3.68. The Morgan fingerprint density at radius 1 is 1.20 bits per heavy atom. The van der Waals surface area contributed by atoms with Crippen LogP contribution in [0.2, 0.25) is 0 Å². The average Bonchev–Trinajstić information content (AvgIpc) is 2.17. The molecule has 0 bridgehead atoms. The highest BCUT2D eigenvalue weighted by atomic mass is 16.3. The van der Waals surface area contributed by atoms with Crippen LogP contribution in [-0.2, 0) is 4.79 Å². The summed E-state index contributed by atoms with van der Waals surface area (Å²) in [6.45, 7) is 0. The van der Waals surface area contributed by atoms with Crippen molar-refractivity contribution in [3.05, 3.63) is 0 Å². The van der Waals surface area contributed by atoms with Crippen LogP contribution in [0.15, 0.2) is 0 Å².